The van der Waals surface area contributed by atoms with Crippen LogP contribution >= 0.6 is 11.6 Å². The molecule has 3 heteroatoms. The summed E-state index contributed by atoms with van der Waals surface area (Å²) in [5, 5.41) is 0.672. The molecule has 0 amide bonds. The first kappa shape index (κ1) is 14.0. The molecule has 2 atom stereocenters. The van der Waals surface area contributed by atoms with Crippen LogP contribution in [-0.4, -0.2) is 11.4 Å². The Balaban J connectivity index is 1.78. The molecule has 2 aliphatic rings. The molecule has 0 bridgehead atoms. The molecule has 2 aromatic rings. The number of Topliss-reactive ketones (excluding diaryl/α,β-unsaturated/α-hetero) is 1. The largest absolute Gasteiger partial charge is 0.352 e. The Morgan fingerprint density at radius 3 is 2.68 bits per heavy atom. The molecule has 112 valence electrons. The second-order valence-electron chi connectivity index (χ2n) is 6.88. The predicted molar refractivity (Wildman–Crippen MR) is 86.4 cm³/mol. The van der Waals surface area contributed by atoms with Crippen molar-refractivity contribution in [3.8, 4) is 0 Å². The van der Waals surface area contributed by atoms with Crippen LogP contribution in [0.2, 0.25) is 5.02 Å². The molecule has 1 heterocycles. The van der Waals surface area contributed by atoms with Gasteiger partial charge in [-0.3, -0.25) is 4.79 Å². The van der Waals surface area contributed by atoms with E-state index in [2.05, 4.69) is 19.9 Å². The standard InChI is InChI=1S/C19H17ClO2/c1-18(2)11-19(16(21)14-8-3-4-9-15(14)18)17(22-19)12-6-5-7-13(20)10-12/h3-10,17H,11H2,1-2H3. The van der Waals surface area contributed by atoms with Gasteiger partial charge in [0.15, 0.2) is 11.4 Å². The van der Waals surface area contributed by atoms with Gasteiger partial charge >= 0.3 is 0 Å². The van der Waals surface area contributed by atoms with Crippen molar-refractivity contribution >= 4 is 17.4 Å². The highest BCUT2D eigenvalue weighted by Gasteiger charge is 2.66. The Kier molecular flexibility index (Phi) is 2.82. The quantitative estimate of drug-likeness (QED) is 0.713. The number of halogens is 1. The normalized spacial score (nSPS) is 28.5. The van der Waals surface area contributed by atoms with E-state index in [9.17, 15) is 4.79 Å². The zero-order valence-electron chi connectivity index (χ0n) is 12.6. The third kappa shape index (κ3) is 1.87. The Bertz CT molecular complexity index is 781. The number of fused-ring (bicyclic) bond motifs is 1. The summed E-state index contributed by atoms with van der Waals surface area (Å²) in [5.41, 5.74) is 2.09. The van der Waals surface area contributed by atoms with Gasteiger partial charge in [-0.2, -0.15) is 0 Å². The lowest BCUT2D eigenvalue weighted by atomic mass is 9.66. The molecule has 0 saturated carbocycles. The van der Waals surface area contributed by atoms with E-state index >= 15 is 0 Å². The van der Waals surface area contributed by atoms with Gasteiger partial charge in [-0.25, -0.2) is 0 Å². The van der Waals surface area contributed by atoms with E-state index < -0.39 is 5.60 Å². The maximum atomic E-state index is 13.0. The third-order valence-electron chi connectivity index (χ3n) is 4.84. The van der Waals surface area contributed by atoms with Crippen molar-refractivity contribution in [2.45, 2.75) is 37.4 Å². The fourth-order valence-electron chi connectivity index (χ4n) is 3.82. The monoisotopic (exact) mass is 312 g/mol. The lowest BCUT2D eigenvalue weighted by molar-refractivity contribution is 0.0812. The van der Waals surface area contributed by atoms with Gasteiger partial charge in [0.25, 0.3) is 0 Å². The maximum absolute atomic E-state index is 13.0. The van der Waals surface area contributed by atoms with E-state index in [1.54, 1.807) is 0 Å². The molecule has 4 rings (SSSR count). The van der Waals surface area contributed by atoms with E-state index in [-0.39, 0.29) is 17.3 Å². The third-order valence-corrected chi connectivity index (χ3v) is 5.07. The van der Waals surface area contributed by atoms with Crippen molar-refractivity contribution < 1.29 is 9.53 Å². The summed E-state index contributed by atoms with van der Waals surface area (Å²) in [6.45, 7) is 4.35. The highest BCUT2D eigenvalue weighted by Crippen LogP contribution is 2.60. The number of hydrogen-bond acceptors (Lipinski definition) is 2. The van der Waals surface area contributed by atoms with E-state index in [1.807, 2.05) is 42.5 Å². The number of rotatable bonds is 1. The number of epoxide rings is 1. The minimum absolute atomic E-state index is 0.0855. The van der Waals surface area contributed by atoms with Gasteiger partial charge in [0, 0.05) is 10.6 Å². The van der Waals surface area contributed by atoms with Crippen molar-refractivity contribution in [3.63, 3.8) is 0 Å². The molecule has 2 unspecified atom stereocenters. The number of carbonyl (C=O) groups excluding carboxylic acids is 1. The van der Waals surface area contributed by atoms with Crippen LogP contribution in [0.3, 0.4) is 0 Å². The Morgan fingerprint density at radius 1 is 1.14 bits per heavy atom. The van der Waals surface area contributed by atoms with Crippen molar-refractivity contribution in [1.82, 2.24) is 0 Å². The van der Waals surface area contributed by atoms with Crippen LogP contribution in [0.5, 0.6) is 0 Å². The second kappa shape index (κ2) is 4.43. The maximum Gasteiger partial charge on any atom is 0.198 e. The first-order valence-electron chi connectivity index (χ1n) is 7.52. The summed E-state index contributed by atoms with van der Waals surface area (Å²) in [7, 11) is 0. The van der Waals surface area contributed by atoms with Crippen LogP contribution in [0.15, 0.2) is 48.5 Å². The minimum Gasteiger partial charge on any atom is -0.352 e. The Morgan fingerprint density at radius 2 is 1.91 bits per heavy atom. The average Bonchev–Trinajstić information content (AvgIpc) is 3.20. The van der Waals surface area contributed by atoms with E-state index in [0.29, 0.717) is 11.4 Å². The number of carbonyl (C=O) groups is 1. The van der Waals surface area contributed by atoms with Crippen LogP contribution in [0, 0.1) is 0 Å². The summed E-state index contributed by atoms with van der Waals surface area (Å²) < 4.78 is 5.98. The molecular weight excluding hydrogens is 296 g/mol. The van der Waals surface area contributed by atoms with Gasteiger partial charge in [0.1, 0.15) is 6.10 Å². The molecule has 1 saturated heterocycles. The molecule has 1 spiro atoms. The molecule has 0 N–H and O–H groups in total. The summed E-state index contributed by atoms with van der Waals surface area (Å²) in [4.78, 5) is 13.0. The summed E-state index contributed by atoms with van der Waals surface area (Å²) >= 11 is 6.08. The van der Waals surface area contributed by atoms with Crippen LogP contribution < -0.4 is 0 Å². The minimum atomic E-state index is -0.720. The molecule has 0 radical (unpaired) electrons. The van der Waals surface area contributed by atoms with Crippen molar-refractivity contribution in [2.75, 3.05) is 0 Å². The van der Waals surface area contributed by atoms with Crippen LogP contribution in [0.4, 0.5) is 0 Å². The molecule has 1 aliphatic heterocycles. The topological polar surface area (TPSA) is 29.6 Å². The summed E-state index contributed by atoms with van der Waals surface area (Å²) in [5.74, 6) is 0.104. The van der Waals surface area contributed by atoms with Crippen molar-refractivity contribution in [3.05, 3.63) is 70.2 Å². The van der Waals surface area contributed by atoms with Crippen LogP contribution in [0.1, 0.15) is 47.9 Å². The zero-order chi connectivity index (χ0) is 15.5. The van der Waals surface area contributed by atoms with Crippen LogP contribution in [0.25, 0.3) is 0 Å². The number of ether oxygens (including phenoxy) is 1. The zero-order valence-corrected chi connectivity index (χ0v) is 13.4. The molecule has 2 aromatic carbocycles. The number of hydrogen-bond donors (Lipinski definition) is 0. The molecule has 2 nitrogen and oxygen atoms in total. The first-order valence-corrected chi connectivity index (χ1v) is 7.89. The highest BCUT2D eigenvalue weighted by molar-refractivity contribution is 6.30. The van der Waals surface area contributed by atoms with Crippen molar-refractivity contribution in [2.24, 2.45) is 0 Å². The SMILES string of the molecule is CC1(C)CC2(OC2c2cccc(Cl)c2)C(=O)c2ccccc21. The fraction of sp³-hybridized carbons (Fsp3) is 0.316. The lowest BCUT2D eigenvalue weighted by Crippen LogP contribution is -2.40. The summed E-state index contributed by atoms with van der Waals surface area (Å²) in [6.07, 6.45) is 0.513. The van der Waals surface area contributed by atoms with Gasteiger partial charge < -0.3 is 4.74 Å². The predicted octanol–water partition coefficient (Wildman–Crippen LogP) is 4.71. The average molecular weight is 313 g/mol. The molecule has 22 heavy (non-hydrogen) atoms. The number of benzene rings is 2. The molecule has 1 aliphatic carbocycles. The second-order valence-corrected chi connectivity index (χ2v) is 7.31. The summed E-state index contributed by atoms with van der Waals surface area (Å²) in [6, 6.07) is 15.5. The van der Waals surface area contributed by atoms with Gasteiger partial charge in [-0.05, 0) is 35.1 Å². The molecule has 0 aromatic heterocycles. The smallest absolute Gasteiger partial charge is 0.198 e. The first-order chi connectivity index (χ1) is 10.4. The van der Waals surface area contributed by atoms with E-state index in [4.69, 9.17) is 16.3 Å². The van der Waals surface area contributed by atoms with Gasteiger partial charge in [-0.1, -0.05) is 61.8 Å². The van der Waals surface area contributed by atoms with Gasteiger partial charge in [-0.15, -0.1) is 0 Å². The van der Waals surface area contributed by atoms with E-state index in [0.717, 1.165) is 16.7 Å². The fourth-order valence-corrected chi connectivity index (χ4v) is 4.02. The Hall–Kier alpha value is -1.64. The van der Waals surface area contributed by atoms with Gasteiger partial charge in [0.05, 0.1) is 0 Å². The molecule has 1 fully saturated rings. The van der Waals surface area contributed by atoms with E-state index in [1.165, 1.54) is 0 Å². The van der Waals surface area contributed by atoms with Gasteiger partial charge in [0.2, 0.25) is 0 Å². The highest BCUT2D eigenvalue weighted by atomic mass is 35.5. The van der Waals surface area contributed by atoms with Crippen LogP contribution in [-0.2, 0) is 10.2 Å². The number of ketones is 1. The lowest BCUT2D eigenvalue weighted by Gasteiger charge is -2.35. The Labute approximate surface area is 135 Å². The molecular formula is C19H17ClO2. The van der Waals surface area contributed by atoms with Crippen molar-refractivity contribution in [1.29, 1.82) is 0 Å².